The van der Waals surface area contributed by atoms with Gasteiger partial charge in [0.15, 0.2) is 11.6 Å². The molecule has 0 aliphatic carbocycles. The van der Waals surface area contributed by atoms with E-state index in [9.17, 15) is 23.2 Å². The van der Waals surface area contributed by atoms with Crippen molar-refractivity contribution in [1.29, 1.82) is 0 Å². The summed E-state index contributed by atoms with van der Waals surface area (Å²) in [6.45, 7) is 3.76. The molecule has 30 heavy (non-hydrogen) atoms. The highest BCUT2D eigenvalue weighted by Gasteiger charge is 2.20. The van der Waals surface area contributed by atoms with Crippen molar-refractivity contribution in [3.05, 3.63) is 80.5 Å². The number of benzene rings is 1. The second kappa shape index (κ2) is 8.76. The molecule has 0 aliphatic heterocycles. The predicted octanol–water partition coefficient (Wildman–Crippen LogP) is 1.73. The van der Waals surface area contributed by atoms with Gasteiger partial charge in [-0.05, 0) is 36.2 Å². The Morgan fingerprint density at radius 1 is 1.10 bits per heavy atom. The van der Waals surface area contributed by atoms with Crippen molar-refractivity contribution in [2.24, 2.45) is 5.92 Å². The summed E-state index contributed by atoms with van der Waals surface area (Å²) in [4.78, 5) is 35.8. The van der Waals surface area contributed by atoms with E-state index in [1.165, 1.54) is 30.3 Å². The third-order valence-electron chi connectivity index (χ3n) is 4.48. The maximum atomic E-state index is 13.5. The molecule has 3 aromatic rings. The Bertz CT molecular complexity index is 1170. The van der Waals surface area contributed by atoms with Crippen molar-refractivity contribution in [1.82, 2.24) is 25.3 Å². The average molecular weight is 415 g/mol. The number of aromatic nitrogens is 4. The van der Waals surface area contributed by atoms with Crippen molar-refractivity contribution >= 4 is 5.91 Å². The van der Waals surface area contributed by atoms with Gasteiger partial charge in [-0.3, -0.25) is 14.4 Å². The Hall–Kier alpha value is -3.69. The average Bonchev–Trinajstić information content (AvgIpc) is 2.71. The highest BCUT2D eigenvalue weighted by atomic mass is 19.2. The topological polar surface area (TPSA) is 110 Å². The van der Waals surface area contributed by atoms with Crippen LogP contribution in [0.3, 0.4) is 0 Å². The van der Waals surface area contributed by atoms with Gasteiger partial charge in [-0.25, -0.2) is 18.6 Å². The van der Waals surface area contributed by atoms with E-state index >= 15 is 0 Å². The standard InChI is InChI=1S/C20H19F2N5O3/c1-11(2)17(23-20(30)16-5-7-18(28)25-24-16)10-27-19(29)8-6-15(26-27)12-3-4-13(21)14(22)9-12/h3-9,11,17H,10H2,1-2H3,(H,23,30)(H,25,28)/t17-/m1/s1. The first-order chi connectivity index (χ1) is 14.2. The summed E-state index contributed by atoms with van der Waals surface area (Å²) in [6.07, 6.45) is 0. The summed E-state index contributed by atoms with van der Waals surface area (Å²) in [5.74, 6) is -2.59. The smallest absolute Gasteiger partial charge is 0.272 e. The molecular formula is C20H19F2N5O3. The molecular weight excluding hydrogens is 396 g/mol. The van der Waals surface area contributed by atoms with E-state index in [1.807, 2.05) is 13.8 Å². The number of aromatic amines is 1. The van der Waals surface area contributed by atoms with Crippen LogP contribution in [0.15, 0.2) is 52.1 Å². The molecule has 0 radical (unpaired) electrons. The van der Waals surface area contributed by atoms with Crippen LogP contribution in [-0.2, 0) is 6.54 Å². The predicted molar refractivity (Wildman–Crippen MR) is 105 cm³/mol. The summed E-state index contributed by atoms with van der Waals surface area (Å²) in [5.41, 5.74) is -0.230. The van der Waals surface area contributed by atoms with Crippen LogP contribution < -0.4 is 16.4 Å². The fraction of sp³-hybridized carbons (Fsp3) is 0.250. The van der Waals surface area contributed by atoms with Gasteiger partial charge in [0.1, 0.15) is 5.69 Å². The molecule has 0 unspecified atom stereocenters. The fourth-order valence-corrected chi connectivity index (χ4v) is 2.71. The Morgan fingerprint density at radius 2 is 1.87 bits per heavy atom. The Kier molecular flexibility index (Phi) is 6.14. The zero-order chi connectivity index (χ0) is 21.8. The van der Waals surface area contributed by atoms with Crippen LogP contribution in [0.4, 0.5) is 8.78 Å². The lowest BCUT2D eigenvalue weighted by Gasteiger charge is -2.22. The monoisotopic (exact) mass is 415 g/mol. The first kappa shape index (κ1) is 21.0. The lowest BCUT2D eigenvalue weighted by Crippen LogP contribution is -2.44. The lowest BCUT2D eigenvalue weighted by atomic mass is 10.0. The van der Waals surface area contributed by atoms with E-state index in [4.69, 9.17) is 0 Å². The second-order valence-electron chi connectivity index (χ2n) is 7.00. The van der Waals surface area contributed by atoms with E-state index in [2.05, 4.69) is 20.6 Å². The van der Waals surface area contributed by atoms with Gasteiger partial charge in [0.05, 0.1) is 18.3 Å². The van der Waals surface area contributed by atoms with Crippen molar-refractivity contribution < 1.29 is 13.6 Å². The Labute approximate surface area is 169 Å². The van der Waals surface area contributed by atoms with Crippen molar-refractivity contribution in [3.63, 3.8) is 0 Å². The molecule has 156 valence electrons. The molecule has 1 amide bonds. The highest BCUT2D eigenvalue weighted by Crippen LogP contribution is 2.18. The van der Waals surface area contributed by atoms with E-state index < -0.39 is 34.7 Å². The molecule has 1 atom stereocenters. The minimum Gasteiger partial charge on any atom is -0.346 e. The van der Waals surface area contributed by atoms with Gasteiger partial charge in [-0.1, -0.05) is 13.8 Å². The molecule has 0 bridgehead atoms. The number of rotatable bonds is 6. The van der Waals surface area contributed by atoms with Crippen LogP contribution >= 0.6 is 0 Å². The van der Waals surface area contributed by atoms with Crippen LogP contribution in [0.1, 0.15) is 24.3 Å². The maximum absolute atomic E-state index is 13.5. The summed E-state index contributed by atoms with van der Waals surface area (Å²) in [6, 6.07) is 8.01. The third kappa shape index (κ3) is 4.83. The van der Waals surface area contributed by atoms with Crippen molar-refractivity contribution in [3.8, 4) is 11.3 Å². The molecule has 2 aromatic heterocycles. The minimum atomic E-state index is -1.02. The second-order valence-corrected chi connectivity index (χ2v) is 7.00. The maximum Gasteiger partial charge on any atom is 0.272 e. The van der Waals surface area contributed by atoms with Gasteiger partial charge in [-0.15, -0.1) is 0 Å². The Morgan fingerprint density at radius 3 is 2.50 bits per heavy atom. The number of carbonyl (C=O) groups excluding carboxylic acids is 1. The largest absolute Gasteiger partial charge is 0.346 e. The fourth-order valence-electron chi connectivity index (χ4n) is 2.71. The quantitative estimate of drug-likeness (QED) is 0.637. The number of nitrogens with one attached hydrogen (secondary N) is 2. The van der Waals surface area contributed by atoms with Gasteiger partial charge in [0.2, 0.25) is 0 Å². The van der Waals surface area contributed by atoms with Crippen molar-refractivity contribution in [2.45, 2.75) is 26.4 Å². The van der Waals surface area contributed by atoms with Gasteiger partial charge in [-0.2, -0.15) is 10.2 Å². The molecule has 0 spiro atoms. The molecule has 3 rings (SSSR count). The number of hydrogen-bond acceptors (Lipinski definition) is 5. The summed E-state index contributed by atoms with van der Waals surface area (Å²) in [5, 5.41) is 12.9. The zero-order valence-electron chi connectivity index (χ0n) is 16.2. The molecule has 0 aliphatic rings. The molecule has 0 fully saturated rings. The van der Waals surface area contributed by atoms with Gasteiger partial charge in [0, 0.05) is 17.7 Å². The first-order valence-corrected chi connectivity index (χ1v) is 9.15. The number of amides is 1. The molecule has 2 heterocycles. The summed E-state index contributed by atoms with van der Waals surface area (Å²) < 4.78 is 27.9. The van der Waals surface area contributed by atoms with E-state index in [1.54, 1.807) is 0 Å². The summed E-state index contributed by atoms with van der Waals surface area (Å²) in [7, 11) is 0. The number of carbonyl (C=O) groups is 1. The van der Waals surface area contributed by atoms with E-state index in [0.29, 0.717) is 5.56 Å². The normalized spacial score (nSPS) is 12.0. The van der Waals surface area contributed by atoms with Gasteiger partial charge < -0.3 is 5.32 Å². The number of nitrogens with zero attached hydrogens (tertiary/aromatic N) is 3. The molecule has 0 saturated carbocycles. The molecule has 0 saturated heterocycles. The number of H-pyrrole nitrogens is 1. The van der Waals surface area contributed by atoms with Crippen LogP contribution in [0, 0.1) is 17.6 Å². The van der Waals surface area contributed by atoms with E-state index in [-0.39, 0.29) is 23.9 Å². The molecule has 2 N–H and O–H groups in total. The number of hydrogen-bond donors (Lipinski definition) is 2. The SMILES string of the molecule is CC(C)[C@@H](Cn1nc(-c2ccc(F)c(F)c2)ccc1=O)NC(=O)c1ccc(=O)[nH]n1. The summed E-state index contributed by atoms with van der Waals surface area (Å²) >= 11 is 0. The van der Waals surface area contributed by atoms with Gasteiger partial charge >= 0.3 is 0 Å². The highest BCUT2D eigenvalue weighted by molar-refractivity contribution is 5.92. The van der Waals surface area contributed by atoms with Crippen LogP contribution in [-0.4, -0.2) is 31.9 Å². The van der Waals surface area contributed by atoms with Crippen molar-refractivity contribution in [2.75, 3.05) is 0 Å². The third-order valence-corrected chi connectivity index (χ3v) is 4.48. The molecule has 8 nitrogen and oxygen atoms in total. The molecule has 10 heteroatoms. The van der Waals surface area contributed by atoms with Gasteiger partial charge in [0.25, 0.3) is 17.0 Å². The zero-order valence-corrected chi connectivity index (χ0v) is 16.2. The van der Waals surface area contributed by atoms with E-state index in [0.717, 1.165) is 16.8 Å². The first-order valence-electron chi connectivity index (χ1n) is 9.15. The van der Waals surface area contributed by atoms with Crippen LogP contribution in [0.25, 0.3) is 11.3 Å². The van der Waals surface area contributed by atoms with Crippen LogP contribution in [0.5, 0.6) is 0 Å². The minimum absolute atomic E-state index is 0.0242. The number of halogens is 2. The Balaban J connectivity index is 1.85. The lowest BCUT2D eigenvalue weighted by molar-refractivity contribution is 0.0912. The molecule has 1 aromatic carbocycles. The van der Waals surface area contributed by atoms with Crippen LogP contribution in [0.2, 0.25) is 0 Å².